The molecule has 2 aromatic carbocycles. The maximum absolute atomic E-state index is 13.6. The van der Waals surface area contributed by atoms with Gasteiger partial charge in [0.05, 0.1) is 25.3 Å². The van der Waals surface area contributed by atoms with Crippen molar-refractivity contribution < 1.29 is 24.2 Å². The van der Waals surface area contributed by atoms with Crippen molar-refractivity contribution in [2.75, 3.05) is 39.2 Å². The SMILES string of the molecule is COc1ccc(CN(C)C[C@@H]2Oc3ccc(NC(=O)Cn4cnnn4)cc3C(=O)N([C@@H](C)CO)C[C@@H]2C)cc1. The number of aromatic nitrogens is 4. The third-order valence-corrected chi connectivity index (χ3v) is 6.75. The molecule has 208 valence electrons. The molecule has 1 aromatic heterocycles. The Hall–Kier alpha value is -4.03. The normalized spacial score (nSPS) is 18.1. The maximum Gasteiger partial charge on any atom is 0.258 e. The Morgan fingerprint density at radius 2 is 2.05 bits per heavy atom. The molecule has 2 N–H and O–H groups in total. The molecule has 3 aromatic rings. The van der Waals surface area contributed by atoms with Crippen LogP contribution in [0.1, 0.15) is 29.8 Å². The number of nitrogens with one attached hydrogen (secondary N) is 1. The zero-order chi connectivity index (χ0) is 27.9. The van der Waals surface area contributed by atoms with Crippen LogP contribution >= 0.6 is 0 Å². The zero-order valence-electron chi connectivity index (χ0n) is 22.6. The molecule has 0 bridgehead atoms. The minimum absolute atomic E-state index is 0.00918. The van der Waals surface area contributed by atoms with Crippen LogP contribution in [0.5, 0.6) is 11.5 Å². The Morgan fingerprint density at radius 3 is 2.72 bits per heavy atom. The summed E-state index contributed by atoms with van der Waals surface area (Å²) in [6.45, 7) is 5.38. The van der Waals surface area contributed by atoms with Gasteiger partial charge < -0.3 is 24.8 Å². The molecule has 12 heteroatoms. The first-order valence-electron chi connectivity index (χ1n) is 12.8. The van der Waals surface area contributed by atoms with Gasteiger partial charge in [-0.25, -0.2) is 4.68 Å². The van der Waals surface area contributed by atoms with E-state index in [2.05, 4.69) is 32.7 Å². The molecule has 0 saturated carbocycles. The van der Waals surface area contributed by atoms with Gasteiger partial charge in [0.15, 0.2) is 0 Å². The summed E-state index contributed by atoms with van der Waals surface area (Å²) in [5, 5.41) is 23.4. The summed E-state index contributed by atoms with van der Waals surface area (Å²) in [5.74, 6) is 0.630. The number of rotatable bonds is 10. The lowest BCUT2D eigenvalue weighted by molar-refractivity contribution is -0.116. The van der Waals surface area contributed by atoms with Gasteiger partial charge in [-0.15, -0.1) is 5.10 Å². The number of fused-ring (bicyclic) bond motifs is 1. The average Bonchev–Trinajstić information content (AvgIpc) is 3.43. The molecule has 0 fully saturated rings. The summed E-state index contributed by atoms with van der Waals surface area (Å²) in [4.78, 5) is 30.0. The van der Waals surface area contributed by atoms with Gasteiger partial charge in [0.2, 0.25) is 5.91 Å². The minimum Gasteiger partial charge on any atom is -0.497 e. The van der Waals surface area contributed by atoms with Crippen LogP contribution < -0.4 is 14.8 Å². The third kappa shape index (κ3) is 7.09. The molecule has 4 rings (SSSR count). The monoisotopic (exact) mass is 537 g/mol. The number of aliphatic hydroxyl groups is 1. The molecule has 0 unspecified atom stereocenters. The number of hydrogen-bond acceptors (Lipinski definition) is 9. The van der Waals surface area contributed by atoms with Crippen molar-refractivity contribution in [1.82, 2.24) is 30.0 Å². The largest absolute Gasteiger partial charge is 0.497 e. The summed E-state index contributed by atoms with van der Waals surface area (Å²) >= 11 is 0. The van der Waals surface area contributed by atoms with Crippen molar-refractivity contribution in [1.29, 1.82) is 0 Å². The first kappa shape index (κ1) is 28.0. The Balaban J connectivity index is 1.54. The van der Waals surface area contributed by atoms with E-state index < -0.39 is 0 Å². The highest BCUT2D eigenvalue weighted by molar-refractivity contribution is 5.99. The highest BCUT2D eigenvalue weighted by Crippen LogP contribution is 2.31. The van der Waals surface area contributed by atoms with Crippen molar-refractivity contribution in [3.05, 3.63) is 59.9 Å². The second-order valence-corrected chi connectivity index (χ2v) is 9.93. The molecule has 1 aliphatic heterocycles. The molecule has 12 nitrogen and oxygen atoms in total. The number of nitrogens with zero attached hydrogens (tertiary/aromatic N) is 6. The summed E-state index contributed by atoms with van der Waals surface area (Å²) < 4.78 is 13.0. The van der Waals surface area contributed by atoms with Crippen molar-refractivity contribution in [3.63, 3.8) is 0 Å². The van der Waals surface area contributed by atoms with E-state index in [0.717, 1.165) is 11.3 Å². The summed E-state index contributed by atoms with van der Waals surface area (Å²) in [7, 11) is 3.67. The number of carbonyl (C=O) groups excluding carboxylic acids is 2. The summed E-state index contributed by atoms with van der Waals surface area (Å²) in [6.07, 6.45) is 1.12. The number of hydrogen-bond donors (Lipinski definition) is 2. The van der Waals surface area contributed by atoms with Crippen LogP contribution in [0.3, 0.4) is 0 Å². The fraction of sp³-hybridized carbons (Fsp3) is 0.444. The van der Waals surface area contributed by atoms with E-state index in [-0.39, 0.29) is 43.0 Å². The summed E-state index contributed by atoms with van der Waals surface area (Å²) in [6, 6.07) is 12.6. The second kappa shape index (κ2) is 12.7. The average molecular weight is 538 g/mol. The predicted octanol–water partition coefficient (Wildman–Crippen LogP) is 1.67. The number of methoxy groups -OCH3 is 1. The van der Waals surface area contributed by atoms with Gasteiger partial charge in [0, 0.05) is 31.2 Å². The first-order valence-corrected chi connectivity index (χ1v) is 12.8. The number of aliphatic hydroxyl groups excluding tert-OH is 1. The number of ether oxygens (including phenoxy) is 2. The van der Waals surface area contributed by atoms with E-state index in [4.69, 9.17) is 9.47 Å². The molecule has 0 saturated heterocycles. The molecule has 0 spiro atoms. The molecule has 0 radical (unpaired) electrons. The molecule has 2 heterocycles. The van der Waals surface area contributed by atoms with Crippen LogP contribution in [0, 0.1) is 5.92 Å². The number of carbonyl (C=O) groups is 2. The van der Waals surface area contributed by atoms with Gasteiger partial charge in [-0.1, -0.05) is 19.1 Å². The molecular weight excluding hydrogens is 502 g/mol. The van der Waals surface area contributed by atoms with Crippen molar-refractivity contribution in [3.8, 4) is 11.5 Å². The van der Waals surface area contributed by atoms with Gasteiger partial charge in [-0.2, -0.15) is 0 Å². The lowest BCUT2D eigenvalue weighted by Gasteiger charge is -2.38. The zero-order valence-corrected chi connectivity index (χ0v) is 22.6. The lowest BCUT2D eigenvalue weighted by atomic mass is 9.99. The second-order valence-electron chi connectivity index (χ2n) is 9.93. The Bertz CT molecular complexity index is 1250. The number of tetrazole rings is 1. The van der Waals surface area contributed by atoms with E-state index in [0.29, 0.717) is 36.6 Å². The minimum atomic E-state index is -0.387. The fourth-order valence-electron chi connectivity index (χ4n) is 4.53. The van der Waals surface area contributed by atoms with E-state index in [1.165, 1.54) is 11.0 Å². The molecule has 0 aliphatic carbocycles. The van der Waals surface area contributed by atoms with Crippen molar-refractivity contribution in [2.24, 2.45) is 5.92 Å². The predicted molar refractivity (Wildman–Crippen MR) is 143 cm³/mol. The van der Waals surface area contributed by atoms with Crippen molar-refractivity contribution in [2.45, 2.75) is 39.1 Å². The van der Waals surface area contributed by atoms with E-state index in [1.54, 1.807) is 30.2 Å². The Kier molecular flexibility index (Phi) is 9.10. The van der Waals surface area contributed by atoms with Crippen molar-refractivity contribution >= 4 is 17.5 Å². The Labute approximate surface area is 227 Å². The Morgan fingerprint density at radius 1 is 1.28 bits per heavy atom. The highest BCUT2D eigenvalue weighted by atomic mass is 16.5. The highest BCUT2D eigenvalue weighted by Gasteiger charge is 2.33. The van der Waals surface area contributed by atoms with Crippen LogP contribution in [0.15, 0.2) is 48.8 Å². The van der Waals surface area contributed by atoms with Gasteiger partial charge >= 0.3 is 0 Å². The fourth-order valence-corrected chi connectivity index (χ4v) is 4.53. The third-order valence-electron chi connectivity index (χ3n) is 6.75. The van der Waals surface area contributed by atoms with Gasteiger partial charge in [-0.3, -0.25) is 14.5 Å². The smallest absolute Gasteiger partial charge is 0.258 e. The number of benzene rings is 2. The molecule has 39 heavy (non-hydrogen) atoms. The van der Waals surface area contributed by atoms with E-state index >= 15 is 0 Å². The van der Waals surface area contributed by atoms with Crippen LogP contribution in [0.25, 0.3) is 0 Å². The van der Waals surface area contributed by atoms with Gasteiger partial charge in [-0.05, 0) is 60.3 Å². The van der Waals surface area contributed by atoms with Gasteiger partial charge in [0.25, 0.3) is 5.91 Å². The van der Waals surface area contributed by atoms with E-state index in [9.17, 15) is 14.7 Å². The molecule has 3 atom stereocenters. The summed E-state index contributed by atoms with van der Waals surface area (Å²) in [5.41, 5.74) is 1.91. The van der Waals surface area contributed by atoms with E-state index in [1.807, 2.05) is 38.2 Å². The molecular formula is C27H35N7O5. The van der Waals surface area contributed by atoms with Crippen LogP contribution in [0.2, 0.25) is 0 Å². The van der Waals surface area contributed by atoms with Crippen LogP contribution in [-0.4, -0.2) is 92.9 Å². The molecule has 2 amide bonds. The lowest BCUT2D eigenvalue weighted by Crippen LogP contribution is -2.49. The number of likely N-dealkylation sites (N-methyl/N-ethyl adjacent to an activating group) is 1. The van der Waals surface area contributed by atoms with Crippen LogP contribution in [-0.2, 0) is 17.9 Å². The molecule has 1 aliphatic rings. The maximum atomic E-state index is 13.6. The standard InChI is InChI=1S/C27H35N7O5/c1-18-12-34(19(2)16-35)27(37)23-11-21(29-26(36)15-33-17-28-30-31-33)7-10-24(23)39-25(18)14-32(3)13-20-5-8-22(38-4)9-6-20/h5-11,17-19,25,35H,12-16H2,1-4H3,(H,29,36)/t18-,19-,25-/m0/s1. The topological polar surface area (TPSA) is 135 Å². The van der Waals surface area contributed by atoms with Crippen LogP contribution in [0.4, 0.5) is 5.69 Å². The number of anilines is 1. The first-order chi connectivity index (χ1) is 18.8. The number of amides is 2. The van der Waals surface area contributed by atoms with Gasteiger partial charge in [0.1, 0.15) is 30.5 Å². The quantitative estimate of drug-likeness (QED) is 0.396.